The minimum atomic E-state index is -1.21. The Morgan fingerprint density at radius 1 is 1.09 bits per heavy atom. The molecular formula is C27H30ClN3O4. The molecule has 0 amide bonds. The molecule has 1 saturated heterocycles. The van der Waals surface area contributed by atoms with Crippen LogP contribution in [-0.2, 0) is 23.1 Å². The van der Waals surface area contributed by atoms with Crippen molar-refractivity contribution < 1.29 is 19.2 Å². The van der Waals surface area contributed by atoms with Crippen molar-refractivity contribution >= 4 is 17.8 Å². The SMILES string of the molecule is O=C(O)OC1CN(Cc2ccc(-c3noc(CCC4(c5ccc(Cl)cc5)CCCCC4)n3)cc2)C1. The first kappa shape index (κ1) is 23.8. The predicted molar refractivity (Wildman–Crippen MR) is 132 cm³/mol. The summed E-state index contributed by atoms with van der Waals surface area (Å²) in [4.78, 5) is 17.4. The minimum absolute atomic E-state index is 0.143. The van der Waals surface area contributed by atoms with Gasteiger partial charge in [-0.05, 0) is 47.9 Å². The van der Waals surface area contributed by atoms with Crippen LogP contribution >= 0.6 is 11.6 Å². The highest BCUT2D eigenvalue weighted by molar-refractivity contribution is 6.30. The summed E-state index contributed by atoms with van der Waals surface area (Å²) < 4.78 is 10.4. The summed E-state index contributed by atoms with van der Waals surface area (Å²) >= 11 is 6.14. The van der Waals surface area contributed by atoms with E-state index in [1.165, 1.54) is 37.7 Å². The monoisotopic (exact) mass is 495 g/mol. The molecule has 2 heterocycles. The molecule has 35 heavy (non-hydrogen) atoms. The molecule has 1 aromatic heterocycles. The van der Waals surface area contributed by atoms with Gasteiger partial charge in [0.15, 0.2) is 0 Å². The maximum atomic E-state index is 10.6. The molecule has 0 unspecified atom stereocenters. The Morgan fingerprint density at radius 3 is 2.49 bits per heavy atom. The van der Waals surface area contributed by atoms with Crippen molar-refractivity contribution in [3.05, 3.63) is 70.6 Å². The van der Waals surface area contributed by atoms with Gasteiger partial charge in [0.2, 0.25) is 11.7 Å². The van der Waals surface area contributed by atoms with Gasteiger partial charge in [0.1, 0.15) is 6.10 Å². The molecule has 0 spiro atoms. The van der Waals surface area contributed by atoms with Crippen LogP contribution in [0.4, 0.5) is 4.79 Å². The molecule has 0 atom stereocenters. The van der Waals surface area contributed by atoms with Crippen molar-refractivity contribution in [3.8, 4) is 11.4 Å². The van der Waals surface area contributed by atoms with Crippen LogP contribution < -0.4 is 0 Å². The molecular weight excluding hydrogens is 466 g/mol. The molecule has 1 N–H and O–H groups in total. The molecule has 2 aromatic carbocycles. The van der Waals surface area contributed by atoms with Crippen molar-refractivity contribution in [1.82, 2.24) is 15.0 Å². The lowest BCUT2D eigenvalue weighted by molar-refractivity contribution is -0.0363. The number of halogens is 1. The van der Waals surface area contributed by atoms with Crippen molar-refractivity contribution in [2.24, 2.45) is 0 Å². The number of hydrogen-bond donors (Lipinski definition) is 1. The molecule has 1 aliphatic heterocycles. The van der Waals surface area contributed by atoms with E-state index >= 15 is 0 Å². The number of rotatable bonds is 8. The number of ether oxygens (including phenoxy) is 1. The fraction of sp³-hybridized carbons (Fsp3) is 0.444. The Balaban J connectivity index is 1.19. The summed E-state index contributed by atoms with van der Waals surface area (Å²) in [7, 11) is 0. The van der Waals surface area contributed by atoms with Crippen LogP contribution in [0.25, 0.3) is 11.4 Å². The number of carboxylic acid groups (broad SMARTS) is 1. The summed E-state index contributed by atoms with van der Waals surface area (Å²) in [6.07, 6.45) is 6.44. The van der Waals surface area contributed by atoms with Crippen LogP contribution in [0.3, 0.4) is 0 Å². The first-order chi connectivity index (χ1) is 17.0. The number of carbonyl (C=O) groups is 1. The maximum Gasteiger partial charge on any atom is 0.506 e. The van der Waals surface area contributed by atoms with Crippen LogP contribution in [0.5, 0.6) is 0 Å². The van der Waals surface area contributed by atoms with Crippen molar-refractivity contribution in [3.63, 3.8) is 0 Å². The summed E-state index contributed by atoms with van der Waals surface area (Å²) in [6.45, 7) is 2.00. The van der Waals surface area contributed by atoms with E-state index in [9.17, 15) is 4.79 Å². The van der Waals surface area contributed by atoms with E-state index in [0.29, 0.717) is 24.8 Å². The maximum absolute atomic E-state index is 10.6. The van der Waals surface area contributed by atoms with Crippen molar-refractivity contribution in [1.29, 1.82) is 0 Å². The number of likely N-dealkylation sites (tertiary alicyclic amines) is 1. The predicted octanol–water partition coefficient (Wildman–Crippen LogP) is 6.10. The zero-order valence-electron chi connectivity index (χ0n) is 19.7. The van der Waals surface area contributed by atoms with Gasteiger partial charge in [-0.2, -0.15) is 4.98 Å². The highest BCUT2D eigenvalue weighted by Gasteiger charge is 2.34. The van der Waals surface area contributed by atoms with Crippen LogP contribution in [0.2, 0.25) is 5.02 Å². The molecule has 8 heteroatoms. The average Bonchev–Trinajstić information content (AvgIpc) is 3.32. The quantitative estimate of drug-likeness (QED) is 0.377. The molecule has 0 bridgehead atoms. The number of benzene rings is 2. The zero-order chi connectivity index (χ0) is 24.3. The van der Waals surface area contributed by atoms with E-state index in [1.807, 2.05) is 36.4 Å². The Hall–Kier alpha value is -2.90. The highest BCUT2D eigenvalue weighted by atomic mass is 35.5. The lowest BCUT2D eigenvalue weighted by Crippen LogP contribution is -2.52. The first-order valence-corrected chi connectivity index (χ1v) is 12.7. The van der Waals surface area contributed by atoms with Gasteiger partial charge >= 0.3 is 6.16 Å². The first-order valence-electron chi connectivity index (χ1n) is 12.3. The third-order valence-electron chi connectivity index (χ3n) is 7.36. The average molecular weight is 496 g/mol. The van der Waals surface area contributed by atoms with Crippen LogP contribution in [-0.4, -0.2) is 45.5 Å². The van der Waals surface area contributed by atoms with Gasteiger partial charge in [-0.3, -0.25) is 4.90 Å². The largest absolute Gasteiger partial charge is 0.506 e. The van der Waals surface area contributed by atoms with Gasteiger partial charge in [0.25, 0.3) is 0 Å². The third-order valence-corrected chi connectivity index (χ3v) is 7.61. The number of hydrogen-bond acceptors (Lipinski definition) is 6. The molecule has 2 aliphatic rings. The summed E-state index contributed by atoms with van der Waals surface area (Å²) in [6, 6.07) is 16.4. The molecule has 7 nitrogen and oxygen atoms in total. The second-order valence-electron chi connectivity index (χ2n) is 9.76. The van der Waals surface area contributed by atoms with Crippen LogP contribution in [0.15, 0.2) is 53.1 Å². The zero-order valence-corrected chi connectivity index (χ0v) is 20.4. The van der Waals surface area contributed by atoms with Crippen molar-refractivity contribution in [2.45, 2.75) is 63.0 Å². The molecule has 2 fully saturated rings. The van der Waals surface area contributed by atoms with Gasteiger partial charge < -0.3 is 14.4 Å². The second-order valence-corrected chi connectivity index (χ2v) is 10.2. The normalized spacial score (nSPS) is 18.2. The Labute approximate surface area is 210 Å². The van der Waals surface area contributed by atoms with E-state index in [-0.39, 0.29) is 11.5 Å². The summed E-state index contributed by atoms with van der Waals surface area (Å²) in [5.74, 6) is 1.28. The van der Waals surface area contributed by atoms with Gasteiger partial charge in [-0.1, -0.05) is 72.4 Å². The van der Waals surface area contributed by atoms with E-state index in [2.05, 4.69) is 27.2 Å². The topological polar surface area (TPSA) is 88.7 Å². The smallest absolute Gasteiger partial charge is 0.450 e. The van der Waals surface area contributed by atoms with Crippen LogP contribution in [0.1, 0.15) is 55.5 Å². The summed E-state index contributed by atoms with van der Waals surface area (Å²) in [5, 5.41) is 13.7. The molecule has 5 rings (SSSR count). The van der Waals surface area contributed by atoms with Gasteiger partial charge in [-0.15, -0.1) is 0 Å². The molecule has 1 aliphatic carbocycles. The molecule has 3 aromatic rings. The third kappa shape index (κ3) is 5.68. The fourth-order valence-electron chi connectivity index (χ4n) is 5.42. The van der Waals surface area contributed by atoms with Crippen molar-refractivity contribution in [2.75, 3.05) is 13.1 Å². The van der Waals surface area contributed by atoms with E-state index in [4.69, 9.17) is 26.0 Å². The van der Waals surface area contributed by atoms with E-state index < -0.39 is 6.16 Å². The lowest BCUT2D eigenvalue weighted by atomic mass is 9.67. The Kier molecular flexibility index (Phi) is 7.07. The second kappa shape index (κ2) is 10.4. The Bertz CT molecular complexity index is 1130. The number of aryl methyl sites for hydroxylation is 1. The van der Waals surface area contributed by atoms with Crippen LogP contribution in [0, 0.1) is 0 Å². The van der Waals surface area contributed by atoms with Gasteiger partial charge in [-0.25, -0.2) is 4.79 Å². The number of nitrogens with zero attached hydrogens (tertiary/aromatic N) is 3. The van der Waals surface area contributed by atoms with Gasteiger partial charge in [0.05, 0.1) is 0 Å². The Morgan fingerprint density at radius 2 is 1.80 bits per heavy atom. The molecule has 1 saturated carbocycles. The molecule has 184 valence electrons. The fourth-order valence-corrected chi connectivity index (χ4v) is 5.55. The van der Waals surface area contributed by atoms with E-state index in [1.54, 1.807) is 0 Å². The summed E-state index contributed by atoms with van der Waals surface area (Å²) in [5.41, 5.74) is 3.57. The standard InChI is InChI=1S/C27H30ClN3O4/c28-22-10-8-21(9-11-22)27(13-2-1-3-14-27)15-12-24-29-25(30-35-24)20-6-4-19(5-7-20)16-31-17-23(18-31)34-26(32)33/h4-11,23H,1-3,12-18H2,(H,32,33). The van der Waals surface area contributed by atoms with Gasteiger partial charge in [0, 0.05) is 36.6 Å². The lowest BCUT2D eigenvalue weighted by Gasteiger charge is -2.38. The molecule has 0 radical (unpaired) electrons. The highest BCUT2D eigenvalue weighted by Crippen LogP contribution is 2.43. The number of aromatic nitrogens is 2. The minimum Gasteiger partial charge on any atom is -0.450 e. The van der Waals surface area contributed by atoms with E-state index in [0.717, 1.165) is 35.5 Å².